The van der Waals surface area contributed by atoms with E-state index in [-0.39, 0.29) is 6.10 Å². The predicted octanol–water partition coefficient (Wildman–Crippen LogP) is 1.99. The Morgan fingerprint density at radius 3 is 2.69 bits per heavy atom. The summed E-state index contributed by atoms with van der Waals surface area (Å²) in [4.78, 5) is 7.66. The van der Waals surface area contributed by atoms with Gasteiger partial charge in [-0.2, -0.15) is 0 Å². The van der Waals surface area contributed by atoms with Crippen LogP contribution in [0.25, 0.3) is 10.4 Å². The fourth-order valence-electron chi connectivity index (χ4n) is 1.76. The minimum atomic E-state index is -0.177. The molecule has 2 aromatic rings. The summed E-state index contributed by atoms with van der Waals surface area (Å²) in [5.41, 5.74) is 1.20. The van der Waals surface area contributed by atoms with Crippen molar-refractivity contribution in [3.8, 4) is 10.4 Å². The lowest BCUT2D eigenvalue weighted by Crippen LogP contribution is -2.50. The first kappa shape index (κ1) is 9.81. The monoisotopic (exact) mass is 232 g/mol. The van der Waals surface area contributed by atoms with E-state index in [1.807, 2.05) is 24.4 Å². The number of nitrogens with zero attached hydrogens (tertiary/aromatic N) is 2. The molecule has 1 saturated heterocycles. The van der Waals surface area contributed by atoms with Crippen molar-refractivity contribution >= 4 is 16.5 Å². The van der Waals surface area contributed by atoms with Gasteiger partial charge >= 0.3 is 0 Å². The van der Waals surface area contributed by atoms with Crippen LogP contribution in [-0.2, 0) is 0 Å². The second kappa shape index (κ2) is 3.88. The van der Waals surface area contributed by atoms with Crippen LogP contribution in [0, 0.1) is 0 Å². The molecule has 1 fully saturated rings. The molecule has 2 heterocycles. The highest BCUT2D eigenvalue weighted by molar-refractivity contribution is 7.18. The largest absolute Gasteiger partial charge is 0.389 e. The minimum Gasteiger partial charge on any atom is -0.389 e. The van der Waals surface area contributed by atoms with Gasteiger partial charge in [0.15, 0.2) is 5.13 Å². The van der Waals surface area contributed by atoms with E-state index in [9.17, 15) is 5.11 Å². The molecule has 0 unspecified atom stereocenters. The summed E-state index contributed by atoms with van der Waals surface area (Å²) in [5.74, 6) is 0. The summed E-state index contributed by atoms with van der Waals surface area (Å²) in [6, 6.07) is 10.2. The molecule has 3 rings (SSSR count). The molecular weight excluding hydrogens is 220 g/mol. The molecule has 0 aliphatic carbocycles. The first-order valence-electron chi connectivity index (χ1n) is 5.27. The molecule has 1 aliphatic rings. The summed E-state index contributed by atoms with van der Waals surface area (Å²) in [5, 5.41) is 10.2. The van der Waals surface area contributed by atoms with Crippen LogP contribution >= 0.6 is 11.3 Å². The number of rotatable bonds is 2. The van der Waals surface area contributed by atoms with E-state index in [1.165, 1.54) is 10.4 Å². The maximum Gasteiger partial charge on any atom is 0.186 e. The van der Waals surface area contributed by atoms with Crippen LogP contribution in [0.5, 0.6) is 0 Å². The highest BCUT2D eigenvalue weighted by atomic mass is 32.1. The summed E-state index contributed by atoms with van der Waals surface area (Å²) in [6.07, 6.45) is 1.73. The first-order chi connectivity index (χ1) is 7.83. The van der Waals surface area contributed by atoms with Crippen LogP contribution in [0.1, 0.15) is 0 Å². The number of aromatic nitrogens is 1. The van der Waals surface area contributed by atoms with Gasteiger partial charge < -0.3 is 10.0 Å². The molecule has 0 amide bonds. The van der Waals surface area contributed by atoms with Crippen molar-refractivity contribution < 1.29 is 5.11 Å². The zero-order chi connectivity index (χ0) is 11.0. The van der Waals surface area contributed by atoms with Crippen molar-refractivity contribution in [1.29, 1.82) is 0 Å². The standard InChI is InChI=1S/C12H12N2OS/c15-10-7-14(8-10)12-13-6-11(16-12)9-4-2-1-3-5-9/h1-6,10,15H,7-8H2. The van der Waals surface area contributed by atoms with Crippen molar-refractivity contribution in [2.24, 2.45) is 0 Å². The van der Waals surface area contributed by atoms with Crippen LogP contribution in [0.4, 0.5) is 5.13 Å². The van der Waals surface area contributed by atoms with Gasteiger partial charge in [-0.3, -0.25) is 0 Å². The van der Waals surface area contributed by atoms with E-state index in [1.54, 1.807) is 11.3 Å². The topological polar surface area (TPSA) is 36.4 Å². The molecule has 0 bridgehead atoms. The third-order valence-electron chi connectivity index (χ3n) is 2.68. The van der Waals surface area contributed by atoms with E-state index < -0.39 is 0 Å². The number of aliphatic hydroxyl groups excluding tert-OH is 1. The summed E-state index contributed by atoms with van der Waals surface area (Å²) in [7, 11) is 0. The smallest absolute Gasteiger partial charge is 0.186 e. The number of anilines is 1. The summed E-state index contributed by atoms with van der Waals surface area (Å²) in [6.45, 7) is 1.42. The Hall–Kier alpha value is -1.39. The molecule has 1 aromatic heterocycles. The molecule has 3 nitrogen and oxygen atoms in total. The molecule has 0 spiro atoms. The Morgan fingerprint density at radius 2 is 2.00 bits per heavy atom. The van der Waals surface area contributed by atoms with Crippen LogP contribution in [0.15, 0.2) is 36.5 Å². The van der Waals surface area contributed by atoms with E-state index in [0.717, 1.165) is 5.13 Å². The average molecular weight is 232 g/mol. The normalized spacial score (nSPS) is 16.2. The molecular formula is C12H12N2OS. The Bertz CT molecular complexity index is 477. The molecule has 0 atom stereocenters. The Morgan fingerprint density at radius 1 is 1.25 bits per heavy atom. The van der Waals surface area contributed by atoms with Crippen LogP contribution in [0.3, 0.4) is 0 Å². The first-order valence-corrected chi connectivity index (χ1v) is 6.09. The van der Waals surface area contributed by atoms with Crippen molar-refractivity contribution in [2.75, 3.05) is 18.0 Å². The number of benzene rings is 1. The van der Waals surface area contributed by atoms with Crippen LogP contribution < -0.4 is 4.90 Å². The lowest BCUT2D eigenvalue weighted by atomic mass is 10.2. The Kier molecular flexibility index (Phi) is 2.38. The van der Waals surface area contributed by atoms with E-state index in [4.69, 9.17) is 0 Å². The van der Waals surface area contributed by atoms with Crippen molar-refractivity contribution in [2.45, 2.75) is 6.10 Å². The highest BCUT2D eigenvalue weighted by Gasteiger charge is 2.26. The second-order valence-corrected chi connectivity index (χ2v) is 4.94. The second-order valence-electron chi connectivity index (χ2n) is 3.93. The SMILES string of the molecule is OC1CN(c2ncc(-c3ccccc3)s2)C1. The predicted molar refractivity (Wildman–Crippen MR) is 65.8 cm³/mol. The van der Waals surface area contributed by atoms with Crippen molar-refractivity contribution in [3.63, 3.8) is 0 Å². The number of aliphatic hydroxyl groups is 1. The number of hydrogen-bond acceptors (Lipinski definition) is 4. The zero-order valence-corrected chi connectivity index (χ0v) is 9.52. The molecule has 0 radical (unpaired) electrons. The molecule has 82 valence electrons. The molecule has 16 heavy (non-hydrogen) atoms. The molecule has 4 heteroatoms. The lowest BCUT2D eigenvalue weighted by Gasteiger charge is -2.35. The van der Waals surface area contributed by atoms with Crippen molar-refractivity contribution in [1.82, 2.24) is 4.98 Å². The Labute approximate surface area is 98.0 Å². The van der Waals surface area contributed by atoms with Gasteiger partial charge in [-0.05, 0) is 5.56 Å². The quantitative estimate of drug-likeness (QED) is 0.860. The van der Waals surface area contributed by atoms with E-state index in [0.29, 0.717) is 13.1 Å². The number of thiazole rings is 1. The third kappa shape index (κ3) is 1.70. The van der Waals surface area contributed by atoms with Gasteiger partial charge in [-0.15, -0.1) is 0 Å². The number of hydrogen-bond donors (Lipinski definition) is 1. The molecule has 1 aromatic carbocycles. The highest BCUT2D eigenvalue weighted by Crippen LogP contribution is 2.32. The Balaban J connectivity index is 1.83. The average Bonchev–Trinajstić information content (AvgIpc) is 2.75. The zero-order valence-electron chi connectivity index (χ0n) is 8.71. The van der Waals surface area contributed by atoms with Gasteiger partial charge in [0.1, 0.15) is 0 Å². The van der Waals surface area contributed by atoms with Gasteiger partial charge in [0, 0.05) is 19.3 Å². The fourth-order valence-corrected chi connectivity index (χ4v) is 2.70. The molecule has 0 saturated carbocycles. The molecule has 1 N–H and O–H groups in total. The van der Waals surface area contributed by atoms with Gasteiger partial charge in [-0.25, -0.2) is 4.98 Å². The third-order valence-corrected chi connectivity index (χ3v) is 3.79. The molecule has 1 aliphatic heterocycles. The van der Waals surface area contributed by atoms with Gasteiger partial charge in [0.2, 0.25) is 0 Å². The summed E-state index contributed by atoms with van der Waals surface area (Å²) >= 11 is 1.68. The van der Waals surface area contributed by atoms with Gasteiger partial charge in [0.05, 0.1) is 11.0 Å². The summed E-state index contributed by atoms with van der Waals surface area (Å²) < 4.78 is 0. The van der Waals surface area contributed by atoms with Gasteiger partial charge in [0.25, 0.3) is 0 Å². The minimum absolute atomic E-state index is 0.177. The fraction of sp³-hybridized carbons (Fsp3) is 0.250. The van der Waals surface area contributed by atoms with Crippen LogP contribution in [0.2, 0.25) is 0 Å². The lowest BCUT2D eigenvalue weighted by molar-refractivity contribution is 0.142. The number of β-amino-alcohol motifs (C(OH)–C–C–N with tert-alkyl or cyclic N) is 1. The van der Waals surface area contributed by atoms with Crippen LogP contribution in [-0.4, -0.2) is 29.3 Å². The van der Waals surface area contributed by atoms with E-state index >= 15 is 0 Å². The maximum absolute atomic E-state index is 9.24. The maximum atomic E-state index is 9.24. The van der Waals surface area contributed by atoms with Crippen molar-refractivity contribution in [3.05, 3.63) is 36.5 Å². The van der Waals surface area contributed by atoms with E-state index in [2.05, 4.69) is 22.0 Å². The van der Waals surface area contributed by atoms with Gasteiger partial charge in [-0.1, -0.05) is 41.7 Å².